The third kappa shape index (κ3) is 5.48. The molecule has 0 bridgehead atoms. The molecule has 1 aromatic rings. The van der Waals surface area contributed by atoms with Gasteiger partial charge in [-0.1, -0.05) is 12.1 Å². The fourth-order valence-electron chi connectivity index (χ4n) is 1.63. The normalized spacial score (nSPS) is 13.4. The summed E-state index contributed by atoms with van der Waals surface area (Å²) >= 11 is 5.64. The highest BCUT2D eigenvalue weighted by Crippen LogP contribution is 2.12. The van der Waals surface area contributed by atoms with E-state index in [-0.39, 0.29) is 10.9 Å². The van der Waals surface area contributed by atoms with Crippen LogP contribution in [-0.4, -0.2) is 34.1 Å². The van der Waals surface area contributed by atoms with Crippen molar-refractivity contribution < 1.29 is 13.2 Å². The number of aryl methyl sites for hydroxylation is 1. The van der Waals surface area contributed by atoms with Crippen molar-refractivity contribution in [3.8, 4) is 0 Å². The number of methoxy groups -OCH3 is 1. The lowest BCUT2D eigenvalue weighted by molar-refractivity contribution is 0.188. The minimum atomic E-state index is -3.46. The molecule has 108 valence electrons. The molecule has 0 aromatic heterocycles. The Morgan fingerprint density at radius 3 is 2.47 bits per heavy atom. The third-order valence-corrected chi connectivity index (χ3v) is 4.52. The summed E-state index contributed by atoms with van der Waals surface area (Å²) in [5.41, 5.74) is 1.03. The average Bonchev–Trinajstić information content (AvgIpc) is 2.37. The Balaban J connectivity index is 2.71. The van der Waals surface area contributed by atoms with Crippen LogP contribution in [-0.2, 0) is 21.2 Å². The van der Waals surface area contributed by atoms with Crippen LogP contribution in [0.4, 0.5) is 0 Å². The van der Waals surface area contributed by atoms with Crippen molar-refractivity contribution in [2.75, 3.05) is 19.6 Å². The first-order valence-corrected chi connectivity index (χ1v) is 8.17. The molecule has 0 aliphatic carbocycles. The van der Waals surface area contributed by atoms with Crippen LogP contribution < -0.4 is 4.72 Å². The van der Waals surface area contributed by atoms with E-state index in [4.69, 9.17) is 16.3 Å². The van der Waals surface area contributed by atoms with Crippen LogP contribution in [0.3, 0.4) is 0 Å². The maximum Gasteiger partial charge on any atom is 0.240 e. The lowest BCUT2D eigenvalue weighted by atomic mass is 10.2. The number of alkyl halides is 1. The number of rotatable bonds is 8. The van der Waals surface area contributed by atoms with E-state index in [9.17, 15) is 8.42 Å². The molecule has 0 aliphatic heterocycles. The number of halogens is 1. The van der Waals surface area contributed by atoms with Gasteiger partial charge in [-0.3, -0.25) is 0 Å². The molecule has 1 atom stereocenters. The van der Waals surface area contributed by atoms with Gasteiger partial charge in [-0.2, -0.15) is 0 Å². The summed E-state index contributed by atoms with van der Waals surface area (Å²) in [6.45, 7) is 2.34. The number of benzene rings is 1. The summed E-state index contributed by atoms with van der Waals surface area (Å²) in [6, 6.07) is 6.63. The van der Waals surface area contributed by atoms with E-state index in [1.165, 1.54) is 0 Å². The molecule has 6 heteroatoms. The van der Waals surface area contributed by atoms with Gasteiger partial charge in [0.05, 0.1) is 4.90 Å². The van der Waals surface area contributed by atoms with Crippen molar-refractivity contribution in [2.45, 2.75) is 30.7 Å². The van der Waals surface area contributed by atoms with Gasteiger partial charge in [0.15, 0.2) is 0 Å². The van der Waals surface area contributed by atoms with E-state index in [1.807, 2.05) is 6.92 Å². The van der Waals surface area contributed by atoms with Gasteiger partial charge in [-0.25, -0.2) is 13.1 Å². The van der Waals surface area contributed by atoms with Gasteiger partial charge in [0.25, 0.3) is 0 Å². The first-order valence-electron chi connectivity index (χ1n) is 6.15. The molecule has 1 aromatic carbocycles. The molecule has 1 rings (SSSR count). The molecule has 19 heavy (non-hydrogen) atoms. The summed E-state index contributed by atoms with van der Waals surface area (Å²) in [7, 11) is -1.87. The van der Waals surface area contributed by atoms with Crippen molar-refractivity contribution >= 4 is 21.6 Å². The SMILES string of the molecule is COCCC(C)NS(=O)(=O)c1ccc(CCCl)cc1. The van der Waals surface area contributed by atoms with Crippen molar-refractivity contribution in [2.24, 2.45) is 0 Å². The molecule has 0 spiro atoms. The quantitative estimate of drug-likeness (QED) is 0.749. The van der Waals surface area contributed by atoms with Gasteiger partial charge in [-0.05, 0) is 37.5 Å². The molecule has 1 unspecified atom stereocenters. The number of hydrogen-bond acceptors (Lipinski definition) is 3. The van der Waals surface area contributed by atoms with E-state index >= 15 is 0 Å². The summed E-state index contributed by atoms with van der Waals surface area (Å²) < 4.78 is 31.7. The first-order chi connectivity index (χ1) is 8.99. The van der Waals surface area contributed by atoms with Gasteiger partial charge < -0.3 is 4.74 Å². The fourth-order valence-corrected chi connectivity index (χ4v) is 3.13. The Kier molecular flexibility index (Phi) is 6.79. The maximum absolute atomic E-state index is 12.1. The maximum atomic E-state index is 12.1. The molecule has 0 saturated carbocycles. The summed E-state index contributed by atoms with van der Waals surface area (Å²) in [4.78, 5) is 0.273. The van der Waals surface area contributed by atoms with Crippen molar-refractivity contribution in [3.63, 3.8) is 0 Å². The third-order valence-electron chi connectivity index (χ3n) is 2.73. The lowest BCUT2D eigenvalue weighted by Gasteiger charge is -2.14. The van der Waals surface area contributed by atoms with E-state index in [0.29, 0.717) is 18.9 Å². The zero-order chi connectivity index (χ0) is 14.3. The number of sulfonamides is 1. The fraction of sp³-hybridized carbons (Fsp3) is 0.538. The van der Waals surface area contributed by atoms with Crippen LogP contribution in [0.1, 0.15) is 18.9 Å². The molecule has 0 fully saturated rings. The zero-order valence-electron chi connectivity index (χ0n) is 11.2. The Morgan fingerprint density at radius 1 is 1.32 bits per heavy atom. The lowest BCUT2D eigenvalue weighted by Crippen LogP contribution is -2.33. The molecule has 0 amide bonds. The second-order valence-corrected chi connectivity index (χ2v) is 6.48. The first kappa shape index (κ1) is 16.4. The smallest absolute Gasteiger partial charge is 0.240 e. The molecular weight excluding hydrogens is 286 g/mol. The van der Waals surface area contributed by atoms with Crippen molar-refractivity contribution in [1.82, 2.24) is 4.72 Å². The van der Waals surface area contributed by atoms with Crippen LogP contribution in [0.15, 0.2) is 29.2 Å². The monoisotopic (exact) mass is 305 g/mol. The highest BCUT2D eigenvalue weighted by atomic mass is 35.5. The molecule has 4 nitrogen and oxygen atoms in total. The highest BCUT2D eigenvalue weighted by molar-refractivity contribution is 7.89. The summed E-state index contributed by atoms with van der Waals surface area (Å²) in [6.07, 6.45) is 1.37. The Bertz CT molecular complexity index is 473. The highest BCUT2D eigenvalue weighted by Gasteiger charge is 2.16. The van der Waals surface area contributed by atoms with Crippen LogP contribution in [0, 0.1) is 0 Å². The Labute approximate surface area is 120 Å². The minimum absolute atomic E-state index is 0.160. The molecule has 0 aliphatic rings. The van der Waals surface area contributed by atoms with Crippen LogP contribution in [0.5, 0.6) is 0 Å². The molecule has 1 N–H and O–H groups in total. The van der Waals surface area contributed by atoms with Gasteiger partial charge >= 0.3 is 0 Å². The van der Waals surface area contributed by atoms with Crippen molar-refractivity contribution in [3.05, 3.63) is 29.8 Å². The van der Waals surface area contributed by atoms with E-state index in [2.05, 4.69) is 4.72 Å². The topological polar surface area (TPSA) is 55.4 Å². The van der Waals surface area contributed by atoms with Gasteiger partial charge in [0.2, 0.25) is 10.0 Å². The number of ether oxygens (including phenoxy) is 1. The number of hydrogen-bond donors (Lipinski definition) is 1. The van der Waals surface area contributed by atoms with Crippen LogP contribution in [0.25, 0.3) is 0 Å². The minimum Gasteiger partial charge on any atom is -0.385 e. The summed E-state index contributed by atoms with van der Waals surface area (Å²) in [5, 5.41) is 0. The number of nitrogens with one attached hydrogen (secondary N) is 1. The van der Waals surface area contributed by atoms with Gasteiger partial charge in [0.1, 0.15) is 0 Å². The van der Waals surface area contributed by atoms with Gasteiger partial charge in [-0.15, -0.1) is 11.6 Å². The zero-order valence-corrected chi connectivity index (χ0v) is 12.8. The Morgan fingerprint density at radius 2 is 1.95 bits per heavy atom. The predicted octanol–water partition coefficient (Wildman–Crippen LogP) is 2.17. The summed E-state index contributed by atoms with van der Waals surface area (Å²) in [5.74, 6) is 0.526. The Hall–Kier alpha value is -0.620. The van der Waals surface area contributed by atoms with Crippen molar-refractivity contribution in [1.29, 1.82) is 0 Å². The van der Waals surface area contributed by atoms with Crippen LogP contribution in [0.2, 0.25) is 0 Å². The second kappa shape index (κ2) is 7.85. The van der Waals surface area contributed by atoms with Crippen LogP contribution >= 0.6 is 11.6 Å². The average molecular weight is 306 g/mol. The van der Waals surface area contributed by atoms with E-state index < -0.39 is 10.0 Å². The molecule has 0 radical (unpaired) electrons. The van der Waals surface area contributed by atoms with Gasteiger partial charge in [0, 0.05) is 25.6 Å². The predicted molar refractivity (Wildman–Crippen MR) is 77.1 cm³/mol. The molecular formula is C13H20ClNO3S. The molecule has 0 saturated heterocycles. The second-order valence-electron chi connectivity index (χ2n) is 4.39. The van der Waals surface area contributed by atoms with E-state index in [1.54, 1.807) is 31.4 Å². The molecule has 0 heterocycles. The standard InChI is InChI=1S/C13H20ClNO3S/c1-11(8-10-18-2)15-19(16,17)13-5-3-12(4-6-13)7-9-14/h3-6,11,15H,7-10H2,1-2H3. The largest absolute Gasteiger partial charge is 0.385 e. The van der Waals surface area contributed by atoms with E-state index in [0.717, 1.165) is 12.0 Å².